The molecule has 164 valence electrons. The normalized spacial score (nSPS) is 14.9. The Balaban J connectivity index is 1.31. The van der Waals surface area contributed by atoms with Crippen molar-refractivity contribution < 1.29 is 0 Å². The Labute approximate surface area is 203 Å². The standard InChI is InChI=1S/C32H21N3/c1-2-4-23-18(3-1)13-20-5-7-24-25(30(20)23)14-21-6-8-28-26(31(21)24)15-22-10-12-34-27-16-19-9-11-33-17-29(19)35(28)32(22)27/h1-12,17H,13-16H2. The van der Waals surface area contributed by atoms with Gasteiger partial charge in [0.25, 0.3) is 0 Å². The van der Waals surface area contributed by atoms with Crippen molar-refractivity contribution in [3.63, 3.8) is 0 Å². The van der Waals surface area contributed by atoms with Crippen LogP contribution in [-0.4, -0.2) is 9.97 Å². The summed E-state index contributed by atoms with van der Waals surface area (Å²) in [5.41, 5.74) is 20.7. The summed E-state index contributed by atoms with van der Waals surface area (Å²) in [5.74, 6) is 0. The maximum Gasteiger partial charge on any atom is 0.0716 e. The number of aromatic nitrogens is 2. The molecule has 0 saturated heterocycles. The van der Waals surface area contributed by atoms with Gasteiger partial charge < -0.3 is 4.90 Å². The highest BCUT2D eigenvalue weighted by atomic mass is 15.2. The highest BCUT2D eigenvalue weighted by molar-refractivity contribution is 5.96. The van der Waals surface area contributed by atoms with Crippen LogP contribution in [0.1, 0.15) is 44.6 Å². The van der Waals surface area contributed by atoms with Crippen LogP contribution in [0.4, 0.5) is 17.1 Å². The molecule has 3 aromatic carbocycles. The number of rotatable bonds is 0. The number of pyridine rings is 2. The van der Waals surface area contributed by atoms with E-state index in [2.05, 4.69) is 70.5 Å². The fourth-order valence-corrected chi connectivity index (χ4v) is 7.06. The molecule has 0 N–H and O–H groups in total. The molecule has 5 aromatic rings. The van der Waals surface area contributed by atoms with Gasteiger partial charge >= 0.3 is 0 Å². The number of benzene rings is 3. The van der Waals surface area contributed by atoms with Crippen LogP contribution in [0.15, 0.2) is 79.3 Å². The highest BCUT2D eigenvalue weighted by Crippen LogP contribution is 2.55. The molecule has 0 spiro atoms. The number of fused-ring (bicyclic) bond motifs is 12. The lowest BCUT2D eigenvalue weighted by molar-refractivity contribution is 0.953. The number of hydrogen-bond donors (Lipinski definition) is 0. The van der Waals surface area contributed by atoms with Crippen LogP contribution in [0.5, 0.6) is 0 Å². The van der Waals surface area contributed by atoms with Gasteiger partial charge in [0.15, 0.2) is 0 Å². The molecule has 2 aromatic heterocycles. The van der Waals surface area contributed by atoms with Crippen LogP contribution >= 0.6 is 0 Å². The molecule has 0 atom stereocenters. The van der Waals surface area contributed by atoms with Gasteiger partial charge in [-0.25, -0.2) is 0 Å². The van der Waals surface area contributed by atoms with Crippen molar-refractivity contribution in [3.8, 4) is 22.3 Å². The van der Waals surface area contributed by atoms with E-state index in [9.17, 15) is 0 Å². The quantitative estimate of drug-likeness (QED) is 0.253. The van der Waals surface area contributed by atoms with Gasteiger partial charge in [-0.15, -0.1) is 0 Å². The molecule has 4 heterocycles. The molecule has 0 amide bonds. The fourth-order valence-electron chi connectivity index (χ4n) is 7.06. The summed E-state index contributed by atoms with van der Waals surface area (Å²) in [7, 11) is 0. The lowest BCUT2D eigenvalue weighted by atomic mass is 9.85. The largest absolute Gasteiger partial charge is 0.306 e. The van der Waals surface area contributed by atoms with Crippen molar-refractivity contribution in [3.05, 3.63) is 124 Å². The SMILES string of the molecule is c1ccc2c(c1)Cc1ccc3c(c1-2)Cc1ccc2c(c1-3)Cc1ccnc3c1N2c1cnccc1C3. The molecular weight excluding hydrogens is 426 g/mol. The zero-order valence-electron chi connectivity index (χ0n) is 19.2. The third kappa shape index (κ3) is 2.21. The van der Waals surface area contributed by atoms with Crippen LogP contribution in [0.2, 0.25) is 0 Å². The van der Waals surface area contributed by atoms with Crippen LogP contribution in [-0.2, 0) is 25.7 Å². The van der Waals surface area contributed by atoms with Crippen molar-refractivity contribution in [1.29, 1.82) is 0 Å². The summed E-state index contributed by atoms with van der Waals surface area (Å²) in [5, 5.41) is 0. The molecule has 2 aliphatic heterocycles. The van der Waals surface area contributed by atoms with E-state index in [0.717, 1.165) is 25.7 Å². The average Bonchev–Trinajstić information content (AvgIpc) is 3.47. The Morgan fingerprint density at radius 1 is 0.571 bits per heavy atom. The van der Waals surface area contributed by atoms with Gasteiger partial charge in [0, 0.05) is 25.2 Å². The first-order valence-corrected chi connectivity index (χ1v) is 12.4. The van der Waals surface area contributed by atoms with Crippen molar-refractivity contribution in [2.45, 2.75) is 25.7 Å². The maximum atomic E-state index is 4.79. The van der Waals surface area contributed by atoms with Crippen LogP contribution in [0.3, 0.4) is 0 Å². The van der Waals surface area contributed by atoms with E-state index < -0.39 is 0 Å². The van der Waals surface area contributed by atoms with E-state index in [1.807, 2.05) is 18.6 Å². The zero-order chi connectivity index (χ0) is 22.7. The second kappa shape index (κ2) is 6.25. The van der Waals surface area contributed by atoms with Crippen molar-refractivity contribution in [2.75, 3.05) is 4.90 Å². The lowest BCUT2D eigenvalue weighted by Crippen LogP contribution is -2.26. The first-order valence-electron chi connectivity index (χ1n) is 12.4. The first kappa shape index (κ1) is 18.1. The summed E-state index contributed by atoms with van der Waals surface area (Å²) >= 11 is 0. The number of hydrogen-bond acceptors (Lipinski definition) is 3. The van der Waals surface area contributed by atoms with Crippen LogP contribution < -0.4 is 4.90 Å². The van der Waals surface area contributed by atoms with E-state index in [-0.39, 0.29) is 0 Å². The molecule has 3 nitrogen and oxygen atoms in total. The van der Waals surface area contributed by atoms with Crippen LogP contribution in [0.25, 0.3) is 22.3 Å². The molecule has 2 aliphatic carbocycles. The zero-order valence-corrected chi connectivity index (χ0v) is 19.2. The summed E-state index contributed by atoms with van der Waals surface area (Å²) in [6.45, 7) is 0. The second-order valence-corrected chi connectivity index (χ2v) is 10.2. The van der Waals surface area contributed by atoms with Crippen molar-refractivity contribution in [2.24, 2.45) is 0 Å². The van der Waals surface area contributed by atoms with E-state index in [1.165, 1.54) is 84.0 Å². The molecule has 9 rings (SSSR count). The average molecular weight is 448 g/mol. The monoisotopic (exact) mass is 447 g/mol. The number of nitrogens with zero attached hydrogens (tertiary/aromatic N) is 3. The number of anilines is 3. The molecule has 0 bridgehead atoms. The molecule has 3 heteroatoms. The Kier molecular flexibility index (Phi) is 3.24. The lowest BCUT2D eigenvalue weighted by Gasteiger charge is -2.39. The third-order valence-electron chi connectivity index (χ3n) is 8.48. The minimum absolute atomic E-state index is 0.867. The molecule has 0 fully saturated rings. The minimum Gasteiger partial charge on any atom is -0.306 e. The Hall–Kier alpha value is -4.24. The van der Waals surface area contributed by atoms with Gasteiger partial charge in [0.05, 0.1) is 29.0 Å². The van der Waals surface area contributed by atoms with Gasteiger partial charge in [-0.1, -0.05) is 42.5 Å². The van der Waals surface area contributed by atoms with Gasteiger partial charge in [0.1, 0.15) is 0 Å². The van der Waals surface area contributed by atoms with Gasteiger partial charge in [0.2, 0.25) is 0 Å². The van der Waals surface area contributed by atoms with Gasteiger partial charge in [-0.05, 0) is 92.2 Å². The summed E-state index contributed by atoms with van der Waals surface area (Å²) in [6, 6.07) is 22.8. The second-order valence-electron chi connectivity index (χ2n) is 10.2. The van der Waals surface area contributed by atoms with E-state index in [1.54, 1.807) is 0 Å². The van der Waals surface area contributed by atoms with Crippen LogP contribution in [0, 0.1) is 0 Å². The maximum absolute atomic E-state index is 4.79. The third-order valence-corrected chi connectivity index (χ3v) is 8.48. The summed E-state index contributed by atoms with van der Waals surface area (Å²) < 4.78 is 0. The molecular formula is C32H21N3. The predicted molar refractivity (Wildman–Crippen MR) is 139 cm³/mol. The smallest absolute Gasteiger partial charge is 0.0716 e. The first-order chi connectivity index (χ1) is 17.3. The van der Waals surface area contributed by atoms with E-state index >= 15 is 0 Å². The predicted octanol–water partition coefficient (Wildman–Crippen LogP) is 6.90. The van der Waals surface area contributed by atoms with Crippen molar-refractivity contribution in [1.82, 2.24) is 9.97 Å². The Bertz CT molecular complexity index is 1760. The van der Waals surface area contributed by atoms with Gasteiger partial charge in [-0.3, -0.25) is 9.97 Å². The topological polar surface area (TPSA) is 29.0 Å². The molecule has 0 radical (unpaired) electrons. The summed E-state index contributed by atoms with van der Waals surface area (Å²) in [6.07, 6.45) is 9.79. The molecule has 35 heavy (non-hydrogen) atoms. The Morgan fingerprint density at radius 3 is 2.40 bits per heavy atom. The van der Waals surface area contributed by atoms with Crippen molar-refractivity contribution >= 4 is 17.1 Å². The molecule has 0 unspecified atom stereocenters. The minimum atomic E-state index is 0.867. The fraction of sp³-hybridized carbons (Fsp3) is 0.125. The van der Waals surface area contributed by atoms with E-state index in [0.29, 0.717) is 0 Å². The Morgan fingerprint density at radius 2 is 1.40 bits per heavy atom. The summed E-state index contributed by atoms with van der Waals surface area (Å²) in [4.78, 5) is 11.7. The van der Waals surface area contributed by atoms with E-state index in [4.69, 9.17) is 4.98 Å². The van der Waals surface area contributed by atoms with Gasteiger partial charge in [-0.2, -0.15) is 0 Å². The molecule has 0 saturated carbocycles. The highest BCUT2D eigenvalue weighted by Gasteiger charge is 2.36. The molecule has 4 aliphatic rings.